The van der Waals surface area contributed by atoms with E-state index in [1.807, 2.05) is 19.0 Å². The Morgan fingerprint density at radius 3 is 2.50 bits per heavy atom. The van der Waals surface area contributed by atoms with Gasteiger partial charge in [-0.25, -0.2) is 4.39 Å². The highest BCUT2D eigenvalue weighted by Crippen LogP contribution is 2.39. The number of aliphatic hydroxyl groups excluding tert-OH is 1. The minimum atomic E-state index is -0.824. The van der Waals surface area contributed by atoms with Gasteiger partial charge in [-0.2, -0.15) is 0 Å². The van der Waals surface area contributed by atoms with Crippen molar-refractivity contribution in [2.24, 2.45) is 0 Å². The summed E-state index contributed by atoms with van der Waals surface area (Å²) < 4.78 is 18.6. The monoisotopic (exact) mass is 358 g/mol. The minimum absolute atomic E-state index is 0.0599. The van der Waals surface area contributed by atoms with Crippen molar-refractivity contribution in [1.82, 2.24) is 9.80 Å². The van der Waals surface area contributed by atoms with Crippen molar-refractivity contribution < 1.29 is 23.5 Å². The average molecular weight is 358 g/mol. The van der Waals surface area contributed by atoms with Crippen molar-refractivity contribution in [3.8, 4) is 0 Å². The Balaban J connectivity index is 2.09. The number of hydrogen-bond acceptors (Lipinski definition) is 5. The molecule has 0 unspecified atom stereocenters. The molecule has 3 rings (SSSR count). The molecule has 1 amide bonds. The van der Waals surface area contributed by atoms with Crippen LogP contribution in [0.3, 0.4) is 0 Å². The van der Waals surface area contributed by atoms with E-state index in [0.717, 1.165) is 0 Å². The van der Waals surface area contributed by atoms with Crippen molar-refractivity contribution in [3.05, 3.63) is 65.4 Å². The maximum absolute atomic E-state index is 13.2. The Morgan fingerprint density at radius 2 is 1.92 bits per heavy atom. The third-order valence-corrected chi connectivity index (χ3v) is 4.26. The highest BCUT2D eigenvalue weighted by Gasteiger charge is 2.47. The number of ketones is 1. The minimum Gasteiger partial charge on any atom is -0.507 e. The summed E-state index contributed by atoms with van der Waals surface area (Å²) in [6.45, 7) is 0.837. The van der Waals surface area contributed by atoms with Gasteiger partial charge in [-0.3, -0.25) is 9.59 Å². The van der Waals surface area contributed by atoms with Gasteiger partial charge in [0.15, 0.2) is 0 Å². The summed E-state index contributed by atoms with van der Waals surface area (Å²) in [6, 6.07) is 7.55. The smallest absolute Gasteiger partial charge is 0.295 e. The first kappa shape index (κ1) is 17.9. The van der Waals surface area contributed by atoms with Crippen LogP contribution in [-0.2, 0) is 9.59 Å². The van der Waals surface area contributed by atoms with Crippen molar-refractivity contribution in [1.29, 1.82) is 0 Å². The molecule has 7 heteroatoms. The molecule has 1 aliphatic rings. The second-order valence-electron chi connectivity index (χ2n) is 6.32. The molecular weight excluding hydrogens is 339 g/mol. The molecule has 1 N–H and O–H groups in total. The molecule has 2 heterocycles. The number of Topliss-reactive ketones (excluding diaryl/α,β-unsaturated/α-hetero) is 1. The number of carbonyl (C=O) groups excluding carboxylic acids is 2. The van der Waals surface area contributed by atoms with Crippen LogP contribution in [-0.4, -0.2) is 53.8 Å². The van der Waals surface area contributed by atoms with Crippen molar-refractivity contribution in [2.75, 3.05) is 27.2 Å². The van der Waals surface area contributed by atoms with Gasteiger partial charge in [0.25, 0.3) is 11.7 Å². The molecular formula is C19H19FN2O4. The molecule has 0 bridgehead atoms. The van der Waals surface area contributed by atoms with Crippen LogP contribution in [0, 0.1) is 5.82 Å². The first-order chi connectivity index (χ1) is 12.4. The Labute approximate surface area is 150 Å². The van der Waals surface area contributed by atoms with Crippen molar-refractivity contribution in [3.63, 3.8) is 0 Å². The van der Waals surface area contributed by atoms with E-state index in [4.69, 9.17) is 4.42 Å². The predicted octanol–water partition coefficient (Wildman–Crippen LogP) is 2.40. The van der Waals surface area contributed by atoms with Crippen LogP contribution in [0.5, 0.6) is 0 Å². The number of rotatable bonds is 5. The van der Waals surface area contributed by atoms with Crippen LogP contribution in [0.1, 0.15) is 17.4 Å². The fourth-order valence-electron chi connectivity index (χ4n) is 2.92. The van der Waals surface area contributed by atoms with Crippen LogP contribution in [0.15, 0.2) is 52.7 Å². The summed E-state index contributed by atoms with van der Waals surface area (Å²) in [6.07, 6.45) is 1.44. The van der Waals surface area contributed by atoms with Gasteiger partial charge in [0.05, 0.1) is 11.8 Å². The van der Waals surface area contributed by atoms with E-state index in [9.17, 15) is 19.1 Å². The number of carbonyl (C=O) groups is 2. The summed E-state index contributed by atoms with van der Waals surface area (Å²) in [5.74, 6) is -1.91. The number of nitrogens with zero attached hydrogens (tertiary/aromatic N) is 2. The molecule has 26 heavy (non-hydrogen) atoms. The lowest BCUT2D eigenvalue weighted by atomic mass is 9.99. The molecule has 1 aliphatic heterocycles. The number of halogens is 1. The van der Waals surface area contributed by atoms with E-state index in [1.165, 1.54) is 35.4 Å². The van der Waals surface area contributed by atoms with Crippen LogP contribution in [0.4, 0.5) is 4.39 Å². The normalized spacial score (nSPS) is 19.5. The Kier molecular flexibility index (Phi) is 4.90. The molecule has 0 aliphatic carbocycles. The number of furan rings is 1. The molecule has 0 spiro atoms. The van der Waals surface area contributed by atoms with Crippen LogP contribution in [0.2, 0.25) is 0 Å². The molecule has 1 aromatic carbocycles. The second kappa shape index (κ2) is 7.13. The maximum atomic E-state index is 13.2. The first-order valence-electron chi connectivity index (χ1n) is 8.12. The van der Waals surface area contributed by atoms with E-state index < -0.39 is 23.5 Å². The summed E-state index contributed by atoms with van der Waals surface area (Å²) >= 11 is 0. The molecule has 1 atom stereocenters. The number of aliphatic hydroxyl groups is 1. The lowest BCUT2D eigenvalue weighted by Gasteiger charge is -2.24. The zero-order valence-corrected chi connectivity index (χ0v) is 14.5. The fourth-order valence-corrected chi connectivity index (χ4v) is 2.92. The number of likely N-dealkylation sites (tertiary alicyclic amines) is 1. The van der Waals surface area contributed by atoms with E-state index in [-0.39, 0.29) is 16.9 Å². The topological polar surface area (TPSA) is 74.0 Å². The summed E-state index contributed by atoms with van der Waals surface area (Å²) in [7, 11) is 3.72. The average Bonchev–Trinajstić information content (AvgIpc) is 3.21. The van der Waals surface area contributed by atoms with Gasteiger partial charge < -0.3 is 19.3 Å². The molecule has 6 nitrogen and oxygen atoms in total. The summed E-state index contributed by atoms with van der Waals surface area (Å²) in [5, 5.41) is 10.7. The number of amides is 1. The Hall–Kier alpha value is -2.93. The van der Waals surface area contributed by atoms with Crippen LogP contribution >= 0.6 is 0 Å². The molecule has 0 radical (unpaired) electrons. The quantitative estimate of drug-likeness (QED) is 0.505. The number of likely N-dealkylation sites (N-methyl/N-ethyl adjacent to an activating group) is 1. The van der Waals surface area contributed by atoms with Gasteiger partial charge in [0, 0.05) is 18.7 Å². The third-order valence-electron chi connectivity index (χ3n) is 4.26. The van der Waals surface area contributed by atoms with Gasteiger partial charge in [0.2, 0.25) is 0 Å². The van der Waals surface area contributed by atoms with Crippen molar-refractivity contribution >= 4 is 17.4 Å². The van der Waals surface area contributed by atoms with E-state index >= 15 is 0 Å². The van der Waals surface area contributed by atoms with Gasteiger partial charge in [-0.15, -0.1) is 0 Å². The standard InChI is InChI=1S/C19H19FN2O4/c1-21(2)9-10-22-16(14-4-3-11-26-14)15(18(24)19(22)25)17(23)12-5-7-13(20)8-6-12/h3-8,11,16,23H,9-10H2,1-2H3/b17-15+/t16-/m1/s1. The SMILES string of the molecule is CN(C)CCN1C(=O)C(=O)/C(=C(/O)c2ccc(F)cc2)[C@H]1c1ccco1. The highest BCUT2D eigenvalue weighted by molar-refractivity contribution is 6.46. The van der Waals surface area contributed by atoms with Gasteiger partial charge in [-0.05, 0) is 50.5 Å². The highest BCUT2D eigenvalue weighted by atomic mass is 19.1. The van der Waals surface area contributed by atoms with E-state index in [1.54, 1.807) is 12.1 Å². The van der Waals surface area contributed by atoms with Gasteiger partial charge in [0.1, 0.15) is 23.4 Å². The molecule has 2 aromatic rings. The third kappa shape index (κ3) is 3.25. The molecule has 136 valence electrons. The largest absolute Gasteiger partial charge is 0.507 e. The van der Waals surface area contributed by atoms with E-state index in [0.29, 0.717) is 18.8 Å². The molecule has 1 aromatic heterocycles. The Bertz CT molecular complexity index is 841. The summed E-state index contributed by atoms with van der Waals surface area (Å²) in [4.78, 5) is 28.4. The second-order valence-corrected chi connectivity index (χ2v) is 6.32. The fraction of sp³-hybridized carbons (Fsp3) is 0.263. The maximum Gasteiger partial charge on any atom is 0.295 e. The summed E-state index contributed by atoms with van der Waals surface area (Å²) in [5.41, 5.74) is 0.198. The first-order valence-corrected chi connectivity index (χ1v) is 8.12. The van der Waals surface area contributed by atoms with E-state index in [2.05, 4.69) is 0 Å². The zero-order valence-electron chi connectivity index (χ0n) is 14.5. The molecule has 1 saturated heterocycles. The number of hydrogen-bond donors (Lipinski definition) is 1. The van der Waals surface area contributed by atoms with Crippen LogP contribution in [0.25, 0.3) is 5.76 Å². The predicted molar refractivity (Wildman–Crippen MR) is 92.7 cm³/mol. The van der Waals surface area contributed by atoms with Crippen molar-refractivity contribution in [2.45, 2.75) is 6.04 Å². The van der Waals surface area contributed by atoms with Gasteiger partial charge in [-0.1, -0.05) is 0 Å². The lowest BCUT2D eigenvalue weighted by molar-refractivity contribution is -0.140. The lowest BCUT2D eigenvalue weighted by Crippen LogP contribution is -2.35. The van der Waals surface area contributed by atoms with Gasteiger partial charge >= 0.3 is 0 Å². The number of benzene rings is 1. The Morgan fingerprint density at radius 1 is 1.23 bits per heavy atom. The zero-order chi connectivity index (χ0) is 18.8. The molecule has 1 fully saturated rings. The van der Waals surface area contributed by atoms with Crippen LogP contribution < -0.4 is 0 Å². The molecule has 0 saturated carbocycles.